The number of carbonyl (C=O) groups is 2. The van der Waals surface area contributed by atoms with Gasteiger partial charge in [0.1, 0.15) is 11.3 Å². The van der Waals surface area contributed by atoms with Crippen LogP contribution in [0.4, 0.5) is 13.2 Å². The van der Waals surface area contributed by atoms with Crippen molar-refractivity contribution in [1.29, 1.82) is 5.26 Å². The number of aromatic nitrogens is 4. The van der Waals surface area contributed by atoms with Crippen LogP contribution in [0.3, 0.4) is 0 Å². The molecule has 0 spiro atoms. The highest BCUT2D eigenvalue weighted by Crippen LogP contribution is 2.32. The van der Waals surface area contributed by atoms with Gasteiger partial charge in [0.2, 0.25) is 5.91 Å². The van der Waals surface area contributed by atoms with Gasteiger partial charge in [-0.15, -0.1) is 0 Å². The molecule has 1 aliphatic rings. The highest BCUT2D eigenvalue weighted by atomic mass is 19.4. The fraction of sp³-hybridized carbons (Fsp3) is 0.325. The minimum atomic E-state index is -4.65. The van der Waals surface area contributed by atoms with Crippen LogP contribution in [0.15, 0.2) is 102 Å². The zero-order valence-corrected chi connectivity index (χ0v) is 30.7. The minimum absolute atomic E-state index is 0.0152. The molecule has 282 valence electrons. The first-order valence-electron chi connectivity index (χ1n) is 17.6. The maximum Gasteiger partial charge on any atom is 0.416 e. The van der Waals surface area contributed by atoms with E-state index < -0.39 is 23.2 Å². The van der Waals surface area contributed by atoms with E-state index >= 15 is 0 Å². The van der Waals surface area contributed by atoms with Gasteiger partial charge in [0.25, 0.3) is 11.5 Å². The number of nitrogens with zero attached hydrogens (tertiary/aromatic N) is 6. The van der Waals surface area contributed by atoms with Crippen LogP contribution in [0.25, 0.3) is 22.8 Å². The average Bonchev–Trinajstić information content (AvgIpc) is 3.73. The van der Waals surface area contributed by atoms with Crippen molar-refractivity contribution in [3.63, 3.8) is 0 Å². The maximum absolute atomic E-state index is 14.1. The molecule has 0 saturated heterocycles. The van der Waals surface area contributed by atoms with Crippen LogP contribution >= 0.6 is 0 Å². The van der Waals surface area contributed by atoms with Crippen molar-refractivity contribution in [2.24, 2.45) is 13.0 Å². The first-order chi connectivity index (χ1) is 25.7. The van der Waals surface area contributed by atoms with Crippen LogP contribution in [0.5, 0.6) is 0 Å². The zero-order chi connectivity index (χ0) is 39.0. The number of rotatable bonds is 9. The summed E-state index contributed by atoms with van der Waals surface area (Å²) in [6.07, 6.45) is -1.01. The standard InChI is InChI=1S/C34H37F3N8O3.C6H6/c1-42-30(28-16-17-40-43(28)26-14-8-22(21-38)9-15-26)29(33(48)44(42)27-7-5-6-24(20-27)34(35,36)37)32(47)41-25-12-10-23(11-13-25)31(46)39-18-19-45(2,3)4;1-2-4-6-5-3-1/h5-9,14-17,20,23,25H,10-13,18-19H2,1-4H3,(H-,39,41,46,47);1-6H/p+1/t23-,25-;. The largest absolute Gasteiger partial charge is 0.416 e. The fourth-order valence-electron chi connectivity index (χ4n) is 6.38. The lowest BCUT2D eigenvalue weighted by atomic mass is 9.85. The molecular weight excluding hydrogens is 697 g/mol. The number of halogens is 3. The Hall–Kier alpha value is -5.94. The monoisotopic (exact) mass is 741 g/mol. The molecule has 1 saturated carbocycles. The molecule has 0 radical (unpaired) electrons. The molecule has 14 heteroatoms. The van der Waals surface area contributed by atoms with E-state index in [9.17, 15) is 32.8 Å². The smallest absolute Gasteiger partial charge is 0.350 e. The van der Waals surface area contributed by atoms with E-state index in [1.165, 1.54) is 34.7 Å². The van der Waals surface area contributed by atoms with Gasteiger partial charge in [0.15, 0.2) is 0 Å². The van der Waals surface area contributed by atoms with Crippen molar-refractivity contribution in [3.05, 3.63) is 124 Å². The lowest BCUT2D eigenvalue weighted by molar-refractivity contribution is -0.869. The predicted octanol–water partition coefficient (Wildman–Crippen LogP) is 5.72. The highest BCUT2D eigenvalue weighted by molar-refractivity contribution is 6.00. The summed E-state index contributed by atoms with van der Waals surface area (Å²) >= 11 is 0. The number of likely N-dealkylation sites (N-methyl/N-ethyl adjacent to an activating group) is 1. The minimum Gasteiger partial charge on any atom is -0.350 e. The van der Waals surface area contributed by atoms with Gasteiger partial charge in [-0.25, -0.2) is 9.36 Å². The summed E-state index contributed by atoms with van der Waals surface area (Å²) in [5.74, 6) is -0.879. The number of amides is 2. The first kappa shape index (κ1) is 39.3. The molecule has 11 nitrogen and oxygen atoms in total. The van der Waals surface area contributed by atoms with E-state index in [0.717, 1.165) is 27.8 Å². The lowest BCUT2D eigenvalue weighted by Crippen LogP contribution is -2.45. The van der Waals surface area contributed by atoms with Crippen molar-refractivity contribution in [2.75, 3.05) is 34.2 Å². The second-order valence-electron chi connectivity index (χ2n) is 14.2. The quantitative estimate of drug-likeness (QED) is 0.187. The van der Waals surface area contributed by atoms with Crippen LogP contribution in [0.1, 0.15) is 47.2 Å². The Bertz CT molecular complexity index is 2120. The van der Waals surface area contributed by atoms with Gasteiger partial charge in [-0.05, 0) is 74.2 Å². The van der Waals surface area contributed by atoms with Gasteiger partial charge in [-0.1, -0.05) is 42.5 Å². The van der Waals surface area contributed by atoms with Crippen molar-refractivity contribution in [3.8, 4) is 28.8 Å². The third-order valence-electron chi connectivity index (χ3n) is 9.22. The summed E-state index contributed by atoms with van der Waals surface area (Å²) in [7, 11) is 7.64. The van der Waals surface area contributed by atoms with Gasteiger partial charge in [0, 0.05) is 19.0 Å². The predicted molar refractivity (Wildman–Crippen MR) is 199 cm³/mol. The van der Waals surface area contributed by atoms with E-state index in [4.69, 9.17) is 0 Å². The SMILES string of the molecule is Cn1c(-c2ccnn2-c2ccc(C#N)cc2)c(C(=O)N[C@H]2CC[C@H](C(=O)NCC[N+](C)(C)C)CC2)c(=O)n1-c1cccc(C(F)(F)F)c1.c1ccccc1. The Morgan fingerprint density at radius 1 is 0.907 bits per heavy atom. The van der Waals surface area contributed by atoms with Crippen molar-refractivity contribution < 1.29 is 27.2 Å². The Morgan fingerprint density at radius 2 is 1.54 bits per heavy atom. The van der Waals surface area contributed by atoms with Crippen LogP contribution < -0.4 is 16.2 Å². The number of nitriles is 1. The number of hydrogen-bond donors (Lipinski definition) is 2. The van der Waals surface area contributed by atoms with Gasteiger partial charge in [0.05, 0.1) is 74.7 Å². The third-order valence-corrected chi connectivity index (χ3v) is 9.22. The molecule has 1 fully saturated rings. The Morgan fingerprint density at radius 3 is 2.11 bits per heavy atom. The van der Waals surface area contributed by atoms with E-state index in [2.05, 4.69) is 21.8 Å². The van der Waals surface area contributed by atoms with Gasteiger partial charge >= 0.3 is 6.18 Å². The summed E-state index contributed by atoms with van der Waals surface area (Å²) in [4.78, 5) is 40.8. The lowest BCUT2D eigenvalue weighted by Gasteiger charge is -2.29. The summed E-state index contributed by atoms with van der Waals surface area (Å²) < 4.78 is 45.5. The second-order valence-corrected chi connectivity index (χ2v) is 14.2. The van der Waals surface area contributed by atoms with Gasteiger partial charge in [-0.2, -0.15) is 23.5 Å². The Labute approximate surface area is 311 Å². The molecule has 6 rings (SSSR count). The second kappa shape index (κ2) is 16.8. The first-order valence-corrected chi connectivity index (χ1v) is 17.6. The molecule has 3 aromatic carbocycles. The van der Waals surface area contributed by atoms with Gasteiger partial charge in [-0.3, -0.25) is 19.1 Å². The Kier molecular flexibility index (Phi) is 12.2. The molecular formula is C40H44F3N8O3+. The van der Waals surface area contributed by atoms with Crippen LogP contribution in [0.2, 0.25) is 0 Å². The zero-order valence-electron chi connectivity index (χ0n) is 30.7. The number of nitrogens with one attached hydrogen (secondary N) is 2. The van der Waals surface area contributed by atoms with E-state index in [-0.39, 0.29) is 34.8 Å². The summed E-state index contributed by atoms with van der Waals surface area (Å²) in [5.41, 5.74) is -0.635. The molecule has 0 unspecified atom stereocenters. The molecule has 2 heterocycles. The van der Waals surface area contributed by atoms with E-state index in [1.54, 1.807) is 30.3 Å². The average molecular weight is 742 g/mol. The molecule has 0 aliphatic heterocycles. The van der Waals surface area contributed by atoms with Crippen LogP contribution in [0, 0.1) is 17.2 Å². The molecule has 0 bridgehead atoms. The Balaban J connectivity index is 0.000000850. The van der Waals surface area contributed by atoms with Crippen molar-refractivity contribution >= 4 is 11.8 Å². The number of alkyl halides is 3. The van der Waals surface area contributed by atoms with Gasteiger partial charge < -0.3 is 15.1 Å². The molecule has 0 atom stereocenters. The summed E-state index contributed by atoms with van der Waals surface area (Å²) in [5, 5.41) is 19.6. The molecule has 1 aliphatic carbocycles. The molecule has 5 aromatic rings. The molecule has 2 aromatic heterocycles. The number of quaternary nitrogens is 1. The normalized spacial score (nSPS) is 15.7. The van der Waals surface area contributed by atoms with Crippen molar-refractivity contribution in [2.45, 2.75) is 37.9 Å². The topological polar surface area (TPSA) is 127 Å². The summed E-state index contributed by atoms with van der Waals surface area (Å²) in [6, 6.07) is 26.2. The molecule has 2 amide bonds. The van der Waals surface area contributed by atoms with Crippen molar-refractivity contribution in [1.82, 2.24) is 29.8 Å². The number of hydrogen-bond acceptors (Lipinski definition) is 5. The number of benzene rings is 3. The van der Waals surface area contributed by atoms with Crippen LogP contribution in [-0.4, -0.2) is 75.7 Å². The van der Waals surface area contributed by atoms with Crippen LogP contribution in [-0.2, 0) is 18.0 Å². The maximum atomic E-state index is 14.1. The van der Waals surface area contributed by atoms with E-state index in [1.807, 2.05) is 57.5 Å². The highest BCUT2D eigenvalue weighted by Gasteiger charge is 2.34. The molecule has 54 heavy (non-hydrogen) atoms. The number of carbonyl (C=O) groups excluding carboxylic acids is 2. The third kappa shape index (κ3) is 9.53. The van der Waals surface area contributed by atoms with E-state index in [0.29, 0.717) is 49.2 Å². The molecule has 2 N–H and O–H groups in total. The fourth-order valence-corrected chi connectivity index (χ4v) is 6.38. The summed E-state index contributed by atoms with van der Waals surface area (Å²) in [6.45, 7) is 1.35.